The zero-order valence-electron chi connectivity index (χ0n) is 10.7. The number of aryl methyl sites for hydroxylation is 1. The van der Waals surface area contributed by atoms with E-state index in [1.807, 2.05) is 0 Å². The Kier molecular flexibility index (Phi) is 3.20. The molecule has 1 aromatic rings. The van der Waals surface area contributed by atoms with E-state index in [-0.39, 0.29) is 0 Å². The third-order valence-electron chi connectivity index (χ3n) is 3.73. The normalized spacial score (nSPS) is 19.4. The first-order valence-electron chi connectivity index (χ1n) is 6.06. The number of hydrogen-bond acceptors (Lipinski definition) is 2. The molecule has 0 saturated heterocycles. The third-order valence-corrected chi connectivity index (χ3v) is 3.73. The van der Waals surface area contributed by atoms with Crippen molar-refractivity contribution in [3.05, 3.63) is 28.3 Å². The standard InChI is InChI=1S/C14H21NO/c1-5-11-7-15-8-12-10(3)13(16-4)6-9(2)14(11)12/h6,11,15H,5,7-8H2,1-4H3. The van der Waals surface area contributed by atoms with Crippen molar-refractivity contribution in [2.45, 2.75) is 39.7 Å². The van der Waals surface area contributed by atoms with Crippen LogP contribution < -0.4 is 10.1 Å². The number of nitrogens with one attached hydrogen (secondary N) is 1. The van der Waals surface area contributed by atoms with Gasteiger partial charge in [-0.05, 0) is 54.5 Å². The van der Waals surface area contributed by atoms with Crippen LogP contribution in [0.25, 0.3) is 0 Å². The first kappa shape index (κ1) is 11.5. The van der Waals surface area contributed by atoms with E-state index in [0.717, 1.165) is 18.8 Å². The second-order valence-corrected chi connectivity index (χ2v) is 4.65. The lowest BCUT2D eigenvalue weighted by atomic mass is 9.83. The Hall–Kier alpha value is -1.02. The minimum atomic E-state index is 0.661. The maximum Gasteiger partial charge on any atom is 0.122 e. The van der Waals surface area contributed by atoms with Crippen LogP contribution in [0.3, 0.4) is 0 Å². The van der Waals surface area contributed by atoms with E-state index in [9.17, 15) is 0 Å². The van der Waals surface area contributed by atoms with Gasteiger partial charge in [0.1, 0.15) is 5.75 Å². The Bertz CT molecular complexity index is 398. The van der Waals surface area contributed by atoms with Crippen molar-refractivity contribution < 1.29 is 4.74 Å². The first-order valence-corrected chi connectivity index (χ1v) is 6.06. The van der Waals surface area contributed by atoms with E-state index in [4.69, 9.17) is 4.74 Å². The molecule has 0 amide bonds. The summed E-state index contributed by atoms with van der Waals surface area (Å²) >= 11 is 0. The van der Waals surface area contributed by atoms with Crippen molar-refractivity contribution >= 4 is 0 Å². The van der Waals surface area contributed by atoms with E-state index in [2.05, 4.69) is 32.2 Å². The van der Waals surface area contributed by atoms with Crippen LogP contribution in [0.1, 0.15) is 41.5 Å². The van der Waals surface area contributed by atoms with Crippen molar-refractivity contribution in [3.63, 3.8) is 0 Å². The van der Waals surface area contributed by atoms with Crippen molar-refractivity contribution in [2.24, 2.45) is 0 Å². The molecule has 0 bridgehead atoms. The van der Waals surface area contributed by atoms with Gasteiger partial charge in [-0.2, -0.15) is 0 Å². The van der Waals surface area contributed by atoms with Gasteiger partial charge in [0.15, 0.2) is 0 Å². The second-order valence-electron chi connectivity index (χ2n) is 4.65. The molecule has 0 aromatic heterocycles. The summed E-state index contributed by atoms with van der Waals surface area (Å²) in [4.78, 5) is 0. The first-order chi connectivity index (χ1) is 7.69. The molecular formula is C14H21NO. The molecule has 1 unspecified atom stereocenters. The highest BCUT2D eigenvalue weighted by molar-refractivity contribution is 5.51. The Morgan fingerprint density at radius 2 is 2.19 bits per heavy atom. The predicted octanol–water partition coefficient (Wildman–Crippen LogP) is 2.91. The van der Waals surface area contributed by atoms with E-state index in [0.29, 0.717) is 5.92 Å². The summed E-state index contributed by atoms with van der Waals surface area (Å²) in [5, 5.41) is 3.51. The SMILES string of the molecule is CCC1CNCc2c(C)c(OC)cc(C)c21. The number of hydrogen-bond donors (Lipinski definition) is 1. The molecule has 88 valence electrons. The Balaban J connectivity index is 2.59. The average molecular weight is 219 g/mol. The molecule has 2 nitrogen and oxygen atoms in total. The van der Waals surface area contributed by atoms with Crippen LogP contribution in [0.2, 0.25) is 0 Å². The molecule has 1 aromatic carbocycles. The summed E-state index contributed by atoms with van der Waals surface area (Å²) < 4.78 is 5.43. The molecule has 0 spiro atoms. The summed E-state index contributed by atoms with van der Waals surface area (Å²) in [6.45, 7) is 8.72. The summed E-state index contributed by atoms with van der Waals surface area (Å²) in [5.41, 5.74) is 5.69. The topological polar surface area (TPSA) is 21.3 Å². The van der Waals surface area contributed by atoms with Gasteiger partial charge in [0, 0.05) is 13.1 Å². The molecule has 1 heterocycles. The largest absolute Gasteiger partial charge is 0.496 e. The molecule has 1 atom stereocenters. The van der Waals surface area contributed by atoms with E-state index in [1.165, 1.54) is 23.1 Å². The van der Waals surface area contributed by atoms with Crippen molar-refractivity contribution in [1.82, 2.24) is 5.32 Å². The van der Waals surface area contributed by atoms with Gasteiger partial charge in [-0.25, -0.2) is 0 Å². The predicted molar refractivity (Wildman–Crippen MR) is 67.2 cm³/mol. The van der Waals surface area contributed by atoms with Crippen molar-refractivity contribution in [2.75, 3.05) is 13.7 Å². The maximum atomic E-state index is 5.43. The number of methoxy groups -OCH3 is 1. The lowest BCUT2D eigenvalue weighted by molar-refractivity contribution is 0.408. The molecular weight excluding hydrogens is 198 g/mol. The summed E-state index contributed by atoms with van der Waals surface area (Å²) in [6, 6.07) is 2.18. The van der Waals surface area contributed by atoms with Crippen LogP contribution in [0.4, 0.5) is 0 Å². The Morgan fingerprint density at radius 1 is 1.44 bits per heavy atom. The number of ether oxygens (including phenoxy) is 1. The van der Waals surface area contributed by atoms with Gasteiger partial charge < -0.3 is 10.1 Å². The molecule has 0 radical (unpaired) electrons. The van der Waals surface area contributed by atoms with Crippen LogP contribution in [0, 0.1) is 13.8 Å². The minimum Gasteiger partial charge on any atom is -0.496 e. The molecule has 2 rings (SSSR count). The fourth-order valence-electron chi connectivity index (χ4n) is 2.80. The smallest absolute Gasteiger partial charge is 0.122 e. The van der Waals surface area contributed by atoms with E-state index >= 15 is 0 Å². The molecule has 0 aliphatic carbocycles. The highest BCUT2D eigenvalue weighted by Gasteiger charge is 2.23. The second kappa shape index (κ2) is 4.46. The molecule has 1 N–H and O–H groups in total. The van der Waals surface area contributed by atoms with E-state index < -0.39 is 0 Å². The number of benzene rings is 1. The zero-order valence-corrected chi connectivity index (χ0v) is 10.7. The fraction of sp³-hybridized carbons (Fsp3) is 0.571. The Labute approximate surface area is 98.0 Å². The molecule has 1 aliphatic rings. The molecule has 1 aliphatic heterocycles. The molecule has 0 saturated carbocycles. The van der Waals surface area contributed by atoms with Gasteiger partial charge in [0.2, 0.25) is 0 Å². The van der Waals surface area contributed by atoms with Gasteiger partial charge in [0.05, 0.1) is 7.11 Å². The molecule has 16 heavy (non-hydrogen) atoms. The molecule has 2 heteroatoms. The minimum absolute atomic E-state index is 0.661. The van der Waals surface area contributed by atoms with Gasteiger partial charge in [-0.3, -0.25) is 0 Å². The Morgan fingerprint density at radius 3 is 2.81 bits per heavy atom. The lowest BCUT2D eigenvalue weighted by Gasteiger charge is -2.29. The fourth-order valence-corrected chi connectivity index (χ4v) is 2.80. The maximum absolute atomic E-state index is 5.43. The highest BCUT2D eigenvalue weighted by Crippen LogP contribution is 2.35. The van der Waals surface area contributed by atoms with Crippen LogP contribution in [0.5, 0.6) is 5.75 Å². The van der Waals surface area contributed by atoms with Gasteiger partial charge in [0.25, 0.3) is 0 Å². The van der Waals surface area contributed by atoms with E-state index in [1.54, 1.807) is 12.7 Å². The molecule has 0 fully saturated rings. The zero-order chi connectivity index (χ0) is 11.7. The number of rotatable bonds is 2. The third kappa shape index (κ3) is 1.71. The van der Waals surface area contributed by atoms with Gasteiger partial charge >= 0.3 is 0 Å². The van der Waals surface area contributed by atoms with Crippen LogP contribution in [-0.2, 0) is 6.54 Å². The highest BCUT2D eigenvalue weighted by atomic mass is 16.5. The van der Waals surface area contributed by atoms with Gasteiger partial charge in [-0.15, -0.1) is 0 Å². The van der Waals surface area contributed by atoms with Crippen LogP contribution in [-0.4, -0.2) is 13.7 Å². The van der Waals surface area contributed by atoms with Crippen molar-refractivity contribution in [1.29, 1.82) is 0 Å². The van der Waals surface area contributed by atoms with Gasteiger partial charge in [-0.1, -0.05) is 6.92 Å². The average Bonchev–Trinajstić information content (AvgIpc) is 2.32. The lowest BCUT2D eigenvalue weighted by Crippen LogP contribution is -2.29. The van der Waals surface area contributed by atoms with Crippen LogP contribution in [0.15, 0.2) is 6.07 Å². The summed E-state index contributed by atoms with van der Waals surface area (Å²) in [6.07, 6.45) is 1.20. The summed E-state index contributed by atoms with van der Waals surface area (Å²) in [7, 11) is 1.75. The van der Waals surface area contributed by atoms with Crippen LogP contribution >= 0.6 is 0 Å². The number of fused-ring (bicyclic) bond motifs is 1. The monoisotopic (exact) mass is 219 g/mol. The quantitative estimate of drug-likeness (QED) is 0.825. The van der Waals surface area contributed by atoms with Crippen molar-refractivity contribution in [3.8, 4) is 5.75 Å². The summed E-state index contributed by atoms with van der Waals surface area (Å²) in [5.74, 6) is 1.68.